The lowest BCUT2D eigenvalue weighted by Crippen LogP contribution is -2.30. The van der Waals surface area contributed by atoms with Crippen LogP contribution in [-0.4, -0.2) is 12.0 Å². The van der Waals surface area contributed by atoms with Crippen LogP contribution in [-0.2, 0) is 4.79 Å². The maximum Gasteiger partial charge on any atom is 0.265 e. The monoisotopic (exact) mass is 371 g/mol. The molecule has 1 amide bonds. The van der Waals surface area contributed by atoms with Gasteiger partial charge in [-0.25, -0.2) is 0 Å². The zero-order chi connectivity index (χ0) is 17.1. The van der Waals surface area contributed by atoms with Gasteiger partial charge in [-0.3, -0.25) is 4.79 Å². The fraction of sp³-hybridized carbons (Fsp3) is 0.235. The quantitative estimate of drug-likeness (QED) is 0.702. The Morgan fingerprint density at radius 2 is 1.70 bits per heavy atom. The van der Waals surface area contributed by atoms with Crippen molar-refractivity contribution in [3.63, 3.8) is 0 Å². The van der Waals surface area contributed by atoms with Gasteiger partial charge in [0.1, 0.15) is 5.75 Å². The number of ether oxygens (including phenoxy) is 1. The number of hydrogen-bond acceptors (Lipinski definition) is 2. The number of aryl methyl sites for hydroxylation is 2. The third-order valence-corrected chi connectivity index (χ3v) is 4.32. The molecule has 0 bridgehead atoms. The van der Waals surface area contributed by atoms with E-state index >= 15 is 0 Å². The Morgan fingerprint density at radius 1 is 1.04 bits per heavy atom. The number of hydrogen-bond donors (Lipinski definition) is 1. The van der Waals surface area contributed by atoms with Gasteiger partial charge in [-0.1, -0.05) is 46.9 Å². The fourth-order valence-electron chi connectivity index (χ4n) is 1.93. The van der Waals surface area contributed by atoms with Crippen LogP contribution in [0.15, 0.2) is 30.3 Å². The minimum Gasteiger partial charge on any atom is -0.481 e. The summed E-state index contributed by atoms with van der Waals surface area (Å²) in [7, 11) is 0. The maximum atomic E-state index is 12.3. The standard InChI is InChI=1S/C17H16Cl3NO2/c1-9-4-5-10(2)16(6-9)23-11(3)17(22)21-15-8-13(19)12(18)7-14(15)20/h4-8,11H,1-3H3,(H,21,22). The second-order valence-electron chi connectivity index (χ2n) is 5.26. The number of anilines is 1. The third-order valence-electron chi connectivity index (χ3n) is 3.28. The Hall–Kier alpha value is -1.42. The molecule has 2 aromatic carbocycles. The van der Waals surface area contributed by atoms with Gasteiger partial charge in [-0.15, -0.1) is 0 Å². The van der Waals surface area contributed by atoms with Gasteiger partial charge in [0.05, 0.1) is 20.8 Å². The van der Waals surface area contributed by atoms with E-state index in [-0.39, 0.29) is 5.91 Å². The highest BCUT2D eigenvalue weighted by Crippen LogP contribution is 2.32. The summed E-state index contributed by atoms with van der Waals surface area (Å²) < 4.78 is 5.74. The summed E-state index contributed by atoms with van der Waals surface area (Å²) in [6.07, 6.45) is -0.693. The smallest absolute Gasteiger partial charge is 0.265 e. The molecule has 2 aromatic rings. The van der Waals surface area contributed by atoms with Crippen molar-refractivity contribution in [1.29, 1.82) is 0 Å². The molecule has 1 atom stereocenters. The first-order chi connectivity index (χ1) is 10.8. The number of carbonyl (C=O) groups is 1. The van der Waals surface area contributed by atoms with Crippen molar-refractivity contribution in [2.75, 3.05) is 5.32 Å². The summed E-state index contributed by atoms with van der Waals surface area (Å²) >= 11 is 17.9. The van der Waals surface area contributed by atoms with Crippen LogP contribution in [0, 0.1) is 13.8 Å². The highest BCUT2D eigenvalue weighted by atomic mass is 35.5. The van der Waals surface area contributed by atoms with Gasteiger partial charge in [-0.2, -0.15) is 0 Å². The minimum absolute atomic E-state index is 0.312. The van der Waals surface area contributed by atoms with Crippen molar-refractivity contribution in [3.05, 3.63) is 56.5 Å². The molecule has 0 aliphatic rings. The molecule has 0 radical (unpaired) electrons. The van der Waals surface area contributed by atoms with Crippen LogP contribution < -0.4 is 10.1 Å². The molecule has 0 heterocycles. The second kappa shape index (κ2) is 7.43. The molecule has 1 unspecified atom stereocenters. The van der Waals surface area contributed by atoms with Gasteiger partial charge in [0.15, 0.2) is 6.10 Å². The van der Waals surface area contributed by atoms with Crippen LogP contribution in [0.2, 0.25) is 15.1 Å². The van der Waals surface area contributed by atoms with Gasteiger partial charge >= 0.3 is 0 Å². The lowest BCUT2D eigenvalue weighted by molar-refractivity contribution is -0.122. The van der Waals surface area contributed by atoms with E-state index in [2.05, 4.69) is 5.32 Å². The normalized spacial score (nSPS) is 11.9. The molecule has 3 nitrogen and oxygen atoms in total. The van der Waals surface area contributed by atoms with Crippen LogP contribution in [0.1, 0.15) is 18.1 Å². The summed E-state index contributed by atoms with van der Waals surface area (Å²) in [4.78, 5) is 12.3. The van der Waals surface area contributed by atoms with E-state index in [4.69, 9.17) is 39.5 Å². The topological polar surface area (TPSA) is 38.3 Å². The molecule has 122 valence electrons. The van der Waals surface area contributed by atoms with E-state index in [1.807, 2.05) is 32.0 Å². The summed E-state index contributed by atoms with van der Waals surface area (Å²) in [5.74, 6) is 0.346. The molecule has 0 aromatic heterocycles. The zero-order valence-electron chi connectivity index (χ0n) is 12.9. The molecule has 1 N–H and O–H groups in total. The number of halogens is 3. The molecular formula is C17H16Cl3NO2. The van der Waals surface area contributed by atoms with Crippen molar-refractivity contribution in [3.8, 4) is 5.75 Å². The van der Waals surface area contributed by atoms with Crippen LogP contribution in [0.4, 0.5) is 5.69 Å². The summed E-state index contributed by atoms with van der Waals surface area (Å²) in [5, 5.41) is 3.65. The van der Waals surface area contributed by atoms with Crippen molar-refractivity contribution in [2.45, 2.75) is 26.9 Å². The summed E-state index contributed by atoms with van der Waals surface area (Å²) in [6, 6.07) is 8.82. The van der Waals surface area contributed by atoms with Gasteiger partial charge in [0.25, 0.3) is 5.91 Å². The lowest BCUT2D eigenvalue weighted by atomic mass is 10.1. The van der Waals surface area contributed by atoms with E-state index in [1.165, 1.54) is 12.1 Å². The highest BCUT2D eigenvalue weighted by Gasteiger charge is 2.18. The molecule has 0 aliphatic heterocycles. The predicted molar refractivity (Wildman–Crippen MR) is 96.1 cm³/mol. The molecular weight excluding hydrogens is 357 g/mol. The number of rotatable bonds is 4. The first kappa shape index (κ1) is 17.9. The van der Waals surface area contributed by atoms with Gasteiger partial charge in [-0.05, 0) is 50.1 Å². The first-order valence-electron chi connectivity index (χ1n) is 6.97. The second-order valence-corrected chi connectivity index (χ2v) is 6.49. The minimum atomic E-state index is -0.693. The number of amides is 1. The Kier molecular flexibility index (Phi) is 5.79. The van der Waals surface area contributed by atoms with Crippen molar-refractivity contribution in [1.82, 2.24) is 0 Å². The third kappa shape index (κ3) is 4.54. The van der Waals surface area contributed by atoms with Crippen LogP contribution in [0.5, 0.6) is 5.75 Å². The molecule has 6 heteroatoms. The van der Waals surface area contributed by atoms with Crippen LogP contribution in [0.25, 0.3) is 0 Å². The maximum absolute atomic E-state index is 12.3. The van der Waals surface area contributed by atoms with E-state index < -0.39 is 6.10 Å². The van der Waals surface area contributed by atoms with E-state index in [0.29, 0.717) is 26.5 Å². The molecule has 0 saturated carbocycles. The molecule has 0 aliphatic carbocycles. The first-order valence-corrected chi connectivity index (χ1v) is 8.10. The summed E-state index contributed by atoms with van der Waals surface area (Å²) in [5.41, 5.74) is 2.41. The Labute approximate surface area is 150 Å². The average Bonchev–Trinajstić information content (AvgIpc) is 2.48. The fourth-order valence-corrected chi connectivity index (χ4v) is 2.53. The molecule has 0 spiro atoms. The van der Waals surface area contributed by atoms with Gasteiger partial charge in [0, 0.05) is 0 Å². The number of nitrogens with one attached hydrogen (secondary N) is 1. The van der Waals surface area contributed by atoms with E-state index in [1.54, 1.807) is 6.92 Å². The van der Waals surface area contributed by atoms with Crippen molar-refractivity contribution in [2.24, 2.45) is 0 Å². The van der Waals surface area contributed by atoms with Gasteiger partial charge in [0.2, 0.25) is 0 Å². The molecule has 23 heavy (non-hydrogen) atoms. The zero-order valence-corrected chi connectivity index (χ0v) is 15.2. The Balaban J connectivity index is 2.11. The van der Waals surface area contributed by atoms with Crippen molar-refractivity contribution < 1.29 is 9.53 Å². The molecule has 2 rings (SSSR count). The average molecular weight is 373 g/mol. The van der Waals surface area contributed by atoms with E-state index in [0.717, 1.165) is 11.1 Å². The van der Waals surface area contributed by atoms with Crippen LogP contribution in [0.3, 0.4) is 0 Å². The number of carbonyl (C=O) groups excluding carboxylic acids is 1. The lowest BCUT2D eigenvalue weighted by Gasteiger charge is -2.17. The number of benzene rings is 2. The largest absolute Gasteiger partial charge is 0.481 e. The SMILES string of the molecule is Cc1ccc(C)c(OC(C)C(=O)Nc2cc(Cl)c(Cl)cc2Cl)c1. The van der Waals surface area contributed by atoms with Gasteiger partial charge < -0.3 is 10.1 Å². The summed E-state index contributed by atoms with van der Waals surface area (Å²) in [6.45, 7) is 5.56. The molecule has 0 fully saturated rings. The highest BCUT2D eigenvalue weighted by molar-refractivity contribution is 6.44. The Morgan fingerprint density at radius 3 is 2.39 bits per heavy atom. The van der Waals surface area contributed by atoms with Crippen molar-refractivity contribution >= 4 is 46.4 Å². The van der Waals surface area contributed by atoms with E-state index in [9.17, 15) is 4.79 Å². The van der Waals surface area contributed by atoms with Crippen LogP contribution >= 0.6 is 34.8 Å². The Bertz CT molecular complexity index is 747. The predicted octanol–water partition coefficient (Wildman–Crippen LogP) is 5.67. The molecule has 0 saturated heterocycles.